The van der Waals surface area contributed by atoms with Crippen molar-refractivity contribution in [1.82, 2.24) is 9.97 Å². The third-order valence-corrected chi connectivity index (χ3v) is 4.40. The largest absolute Gasteiger partial charge is 0.491 e. The van der Waals surface area contributed by atoms with Gasteiger partial charge >= 0.3 is 0 Å². The van der Waals surface area contributed by atoms with Crippen molar-refractivity contribution in [2.45, 2.75) is 6.54 Å². The molecule has 3 aromatic rings. The maximum atomic E-state index is 9.13. The van der Waals surface area contributed by atoms with Crippen LogP contribution in [-0.4, -0.2) is 42.2 Å². The van der Waals surface area contributed by atoms with E-state index in [1.54, 1.807) is 37.6 Å². The lowest BCUT2D eigenvalue weighted by atomic mass is 10.1. The first-order valence-corrected chi connectivity index (χ1v) is 9.76. The number of benzene rings is 2. The average molecular weight is 429 g/mol. The number of methoxy groups -OCH3 is 1. The predicted octanol–water partition coefficient (Wildman–Crippen LogP) is 2.56. The fourth-order valence-corrected chi connectivity index (χ4v) is 2.83. The Balaban J connectivity index is 1.72. The van der Waals surface area contributed by atoms with Crippen LogP contribution in [0.4, 0.5) is 5.95 Å². The number of hydrazone groups is 1. The number of hydrogen-bond acceptors (Lipinski definition) is 9. The van der Waals surface area contributed by atoms with E-state index in [1.165, 1.54) is 0 Å². The summed E-state index contributed by atoms with van der Waals surface area (Å²) in [6.45, 7) is 1.45. The highest BCUT2D eigenvalue weighted by molar-refractivity contribution is 6.37. The van der Waals surface area contributed by atoms with Crippen molar-refractivity contribution < 1.29 is 9.47 Å². The summed E-state index contributed by atoms with van der Waals surface area (Å²) in [7, 11) is 1.63. The molecular weight excluding hydrogens is 406 g/mol. The van der Waals surface area contributed by atoms with Crippen LogP contribution in [0.2, 0.25) is 0 Å². The zero-order valence-corrected chi connectivity index (χ0v) is 17.6. The van der Waals surface area contributed by atoms with Crippen molar-refractivity contribution in [2.75, 3.05) is 26.1 Å². The summed E-state index contributed by atoms with van der Waals surface area (Å²) in [5.41, 5.74) is 9.49. The number of nitrogen functional groups attached to an aromatic ring is 1. The van der Waals surface area contributed by atoms with Gasteiger partial charge in [-0.15, -0.1) is 0 Å². The molecule has 0 saturated heterocycles. The van der Waals surface area contributed by atoms with E-state index < -0.39 is 0 Å². The van der Waals surface area contributed by atoms with Gasteiger partial charge in [-0.05, 0) is 35.9 Å². The molecule has 0 atom stereocenters. The van der Waals surface area contributed by atoms with Crippen LogP contribution in [0.1, 0.15) is 16.8 Å². The Bertz CT molecular complexity index is 1150. The number of aromatic nitrogens is 2. The van der Waals surface area contributed by atoms with Crippen LogP contribution in [0.15, 0.2) is 64.7 Å². The molecule has 0 unspecified atom stereocenters. The minimum atomic E-state index is 0.0680. The van der Waals surface area contributed by atoms with E-state index in [0.29, 0.717) is 42.4 Å². The second kappa shape index (κ2) is 11.2. The molecule has 0 aliphatic carbocycles. The molecule has 9 nitrogen and oxygen atoms in total. The lowest BCUT2D eigenvalue weighted by molar-refractivity contribution is 0.146. The van der Waals surface area contributed by atoms with Crippen molar-refractivity contribution in [3.63, 3.8) is 0 Å². The molecule has 0 fully saturated rings. The average Bonchev–Trinajstić information content (AvgIpc) is 2.82. The molecule has 1 heterocycles. The van der Waals surface area contributed by atoms with Gasteiger partial charge in [0.25, 0.3) is 0 Å². The van der Waals surface area contributed by atoms with Gasteiger partial charge in [0.15, 0.2) is 0 Å². The Morgan fingerprint density at radius 3 is 2.66 bits per heavy atom. The molecule has 32 heavy (non-hydrogen) atoms. The summed E-state index contributed by atoms with van der Waals surface area (Å²) >= 11 is 0. The number of nitriles is 1. The Labute approximate surface area is 186 Å². The summed E-state index contributed by atoms with van der Waals surface area (Å²) in [6, 6.07) is 18.5. The van der Waals surface area contributed by atoms with Crippen LogP contribution in [0, 0.1) is 11.3 Å². The van der Waals surface area contributed by atoms with E-state index in [4.69, 9.17) is 26.3 Å². The van der Waals surface area contributed by atoms with Crippen molar-refractivity contribution in [2.24, 2.45) is 15.9 Å². The lowest BCUT2D eigenvalue weighted by Crippen LogP contribution is -2.11. The molecule has 0 aliphatic rings. The van der Waals surface area contributed by atoms with E-state index in [0.717, 1.165) is 16.9 Å². The van der Waals surface area contributed by atoms with Gasteiger partial charge in [0.2, 0.25) is 5.95 Å². The van der Waals surface area contributed by atoms with E-state index in [-0.39, 0.29) is 5.95 Å². The quantitative estimate of drug-likeness (QED) is 0.230. The van der Waals surface area contributed by atoms with Gasteiger partial charge in [-0.3, -0.25) is 4.99 Å². The molecule has 0 saturated carbocycles. The smallest absolute Gasteiger partial charge is 0.221 e. The van der Waals surface area contributed by atoms with Crippen LogP contribution in [0.3, 0.4) is 0 Å². The minimum Gasteiger partial charge on any atom is -0.491 e. The van der Waals surface area contributed by atoms with Gasteiger partial charge in [-0.25, -0.2) is 9.97 Å². The highest BCUT2D eigenvalue weighted by Crippen LogP contribution is 2.20. The number of nitrogens with two attached hydrogens (primary N) is 2. The summed E-state index contributed by atoms with van der Waals surface area (Å²) < 4.78 is 10.5. The van der Waals surface area contributed by atoms with E-state index >= 15 is 0 Å². The van der Waals surface area contributed by atoms with Crippen LogP contribution < -0.4 is 16.3 Å². The summed E-state index contributed by atoms with van der Waals surface area (Å²) in [5, 5.41) is 12.9. The molecule has 9 heteroatoms. The molecule has 4 N–H and O–H groups in total. The molecule has 0 aliphatic heterocycles. The standard InChI is InChI=1S/C23H23N7O2/c1-31-9-10-32-19-7-5-16(6-8-19)14-27-15-22(30-26)21-12-20(28-23(25)29-21)18-4-2-3-17(11-18)13-24/h2-8,11-12,15H,9-10,14,26H2,1H3,(H2,25,28,29)/b27-15?,30-22+. The van der Waals surface area contributed by atoms with Crippen LogP contribution >= 0.6 is 0 Å². The van der Waals surface area contributed by atoms with Gasteiger partial charge in [-0.2, -0.15) is 10.4 Å². The third-order valence-electron chi connectivity index (χ3n) is 4.40. The molecule has 2 aromatic carbocycles. The summed E-state index contributed by atoms with van der Waals surface area (Å²) in [5.74, 6) is 6.41. The highest BCUT2D eigenvalue weighted by Gasteiger charge is 2.10. The number of rotatable bonds is 9. The zero-order chi connectivity index (χ0) is 22.8. The topological polar surface area (TPSA) is 145 Å². The molecule has 162 valence electrons. The molecule has 0 amide bonds. The molecule has 0 radical (unpaired) electrons. The van der Waals surface area contributed by atoms with Gasteiger partial charge in [0.05, 0.1) is 42.4 Å². The molecule has 0 bridgehead atoms. The van der Waals surface area contributed by atoms with Crippen LogP contribution in [0.5, 0.6) is 5.75 Å². The number of hydrogen-bond donors (Lipinski definition) is 2. The fraction of sp³-hybridized carbons (Fsp3) is 0.174. The lowest BCUT2D eigenvalue weighted by Gasteiger charge is -2.07. The maximum Gasteiger partial charge on any atom is 0.221 e. The fourth-order valence-electron chi connectivity index (χ4n) is 2.83. The van der Waals surface area contributed by atoms with Crippen molar-refractivity contribution >= 4 is 17.9 Å². The number of aliphatic imine (C=N–C) groups is 1. The van der Waals surface area contributed by atoms with Crippen molar-refractivity contribution in [3.05, 3.63) is 71.4 Å². The predicted molar refractivity (Wildman–Crippen MR) is 123 cm³/mol. The van der Waals surface area contributed by atoms with Crippen LogP contribution in [0.25, 0.3) is 11.3 Å². The zero-order valence-electron chi connectivity index (χ0n) is 17.6. The Morgan fingerprint density at radius 2 is 1.94 bits per heavy atom. The maximum absolute atomic E-state index is 9.13. The monoisotopic (exact) mass is 429 g/mol. The van der Waals surface area contributed by atoms with Crippen molar-refractivity contribution in [1.29, 1.82) is 5.26 Å². The highest BCUT2D eigenvalue weighted by atomic mass is 16.5. The van der Waals surface area contributed by atoms with Gasteiger partial charge in [-0.1, -0.05) is 24.3 Å². The number of nitrogens with zero attached hydrogens (tertiary/aromatic N) is 5. The third kappa shape index (κ3) is 6.10. The van der Waals surface area contributed by atoms with Crippen molar-refractivity contribution in [3.8, 4) is 23.1 Å². The molecule has 0 spiro atoms. The molecule has 3 rings (SSSR count). The second-order valence-electron chi connectivity index (χ2n) is 6.66. The first-order chi connectivity index (χ1) is 15.6. The SMILES string of the molecule is COCCOc1ccc(CN=C/C(=N\N)c2cc(-c3cccc(C#N)c3)nc(N)n2)cc1. The molecule has 1 aromatic heterocycles. The van der Waals surface area contributed by atoms with Gasteiger partial charge in [0.1, 0.15) is 18.1 Å². The Hall–Kier alpha value is -4.29. The summed E-state index contributed by atoms with van der Waals surface area (Å²) in [4.78, 5) is 12.9. The molecular formula is C23H23N7O2. The minimum absolute atomic E-state index is 0.0680. The van der Waals surface area contributed by atoms with E-state index in [9.17, 15) is 0 Å². The second-order valence-corrected chi connectivity index (χ2v) is 6.66. The summed E-state index contributed by atoms with van der Waals surface area (Å²) in [6.07, 6.45) is 1.54. The first-order valence-electron chi connectivity index (χ1n) is 9.76. The van der Waals surface area contributed by atoms with E-state index in [2.05, 4.69) is 26.1 Å². The van der Waals surface area contributed by atoms with E-state index in [1.807, 2.05) is 30.3 Å². The number of ether oxygens (including phenoxy) is 2. The Morgan fingerprint density at radius 1 is 1.12 bits per heavy atom. The first kappa shape index (κ1) is 22.4. The number of anilines is 1. The Kier molecular flexibility index (Phi) is 7.84. The van der Waals surface area contributed by atoms with Gasteiger partial charge in [0, 0.05) is 12.7 Å². The van der Waals surface area contributed by atoms with Gasteiger partial charge < -0.3 is 21.1 Å². The normalized spacial score (nSPS) is 11.4. The van der Waals surface area contributed by atoms with Crippen LogP contribution in [-0.2, 0) is 11.3 Å².